The molecular weight excluding hydrogens is 265 g/mol. The molecule has 0 aliphatic heterocycles. The molecule has 1 nitrogen and oxygen atoms in total. The lowest BCUT2D eigenvalue weighted by atomic mass is 9.98. The van der Waals surface area contributed by atoms with Crippen LogP contribution in [-0.4, -0.2) is 0 Å². The topological polar surface area (TPSA) is 26.0 Å². The number of rotatable bonds is 3. The fraction of sp³-hybridized carbons (Fsp3) is 0.200. The largest absolute Gasteiger partial charge is 0.324 e. The zero-order valence-corrected chi connectivity index (χ0v) is 11.7. The SMILES string of the molecule is Cc1cc(Cl)cc(C(N)Cc2ccc(Cl)cc2)c1. The van der Waals surface area contributed by atoms with Crippen LogP contribution in [0.1, 0.15) is 22.7 Å². The Balaban J connectivity index is 2.16. The maximum atomic E-state index is 6.21. The minimum Gasteiger partial charge on any atom is -0.324 e. The average molecular weight is 280 g/mol. The van der Waals surface area contributed by atoms with Gasteiger partial charge in [0, 0.05) is 16.1 Å². The van der Waals surface area contributed by atoms with Gasteiger partial charge in [-0.1, -0.05) is 41.4 Å². The molecule has 0 fully saturated rings. The average Bonchev–Trinajstić information content (AvgIpc) is 2.31. The van der Waals surface area contributed by atoms with Crippen LogP contribution in [-0.2, 0) is 6.42 Å². The van der Waals surface area contributed by atoms with Crippen LogP contribution in [0.15, 0.2) is 42.5 Å². The van der Waals surface area contributed by atoms with E-state index in [0.29, 0.717) is 0 Å². The van der Waals surface area contributed by atoms with Crippen LogP contribution in [0.25, 0.3) is 0 Å². The molecule has 0 aliphatic rings. The van der Waals surface area contributed by atoms with Gasteiger partial charge >= 0.3 is 0 Å². The predicted molar refractivity (Wildman–Crippen MR) is 78.3 cm³/mol. The Morgan fingerprint density at radius 3 is 2.28 bits per heavy atom. The molecule has 0 amide bonds. The van der Waals surface area contributed by atoms with Crippen LogP contribution < -0.4 is 5.73 Å². The van der Waals surface area contributed by atoms with E-state index in [0.717, 1.165) is 27.6 Å². The van der Waals surface area contributed by atoms with Crippen molar-refractivity contribution in [3.8, 4) is 0 Å². The van der Waals surface area contributed by atoms with Gasteiger partial charge in [0.25, 0.3) is 0 Å². The Morgan fingerprint density at radius 2 is 1.67 bits per heavy atom. The highest BCUT2D eigenvalue weighted by Gasteiger charge is 2.08. The Bertz CT molecular complexity index is 514. The van der Waals surface area contributed by atoms with Gasteiger partial charge in [-0.15, -0.1) is 0 Å². The van der Waals surface area contributed by atoms with Gasteiger partial charge in [-0.2, -0.15) is 0 Å². The minimum absolute atomic E-state index is 0.0522. The minimum atomic E-state index is -0.0522. The quantitative estimate of drug-likeness (QED) is 0.877. The molecule has 0 aromatic heterocycles. The van der Waals surface area contributed by atoms with Gasteiger partial charge in [-0.05, 0) is 54.3 Å². The standard InChI is InChI=1S/C15H15Cl2N/c1-10-6-12(9-14(17)7-10)15(18)8-11-2-4-13(16)5-3-11/h2-7,9,15H,8,18H2,1H3. The molecule has 0 aliphatic carbocycles. The fourth-order valence-corrected chi connectivity index (χ4v) is 2.40. The van der Waals surface area contributed by atoms with Crippen molar-refractivity contribution in [2.75, 3.05) is 0 Å². The number of aryl methyl sites for hydroxylation is 1. The summed E-state index contributed by atoms with van der Waals surface area (Å²) in [6.07, 6.45) is 0.775. The van der Waals surface area contributed by atoms with E-state index in [9.17, 15) is 0 Å². The van der Waals surface area contributed by atoms with Gasteiger partial charge in [0.05, 0.1) is 0 Å². The van der Waals surface area contributed by atoms with Crippen molar-refractivity contribution < 1.29 is 0 Å². The van der Waals surface area contributed by atoms with Crippen LogP contribution in [0, 0.1) is 6.92 Å². The Hall–Kier alpha value is -1.02. The van der Waals surface area contributed by atoms with Crippen LogP contribution >= 0.6 is 23.2 Å². The number of benzene rings is 2. The third kappa shape index (κ3) is 3.49. The molecular formula is C15H15Cl2N. The Labute approximate surface area is 118 Å². The zero-order valence-electron chi connectivity index (χ0n) is 10.2. The van der Waals surface area contributed by atoms with Crippen molar-refractivity contribution in [3.63, 3.8) is 0 Å². The summed E-state index contributed by atoms with van der Waals surface area (Å²) in [6.45, 7) is 2.02. The summed E-state index contributed by atoms with van der Waals surface area (Å²) in [7, 11) is 0. The maximum absolute atomic E-state index is 6.21. The first kappa shape index (κ1) is 13.4. The lowest BCUT2D eigenvalue weighted by Gasteiger charge is -2.13. The van der Waals surface area contributed by atoms with E-state index in [-0.39, 0.29) is 6.04 Å². The first-order valence-corrected chi connectivity index (χ1v) is 6.57. The second-order valence-corrected chi connectivity index (χ2v) is 5.37. The van der Waals surface area contributed by atoms with E-state index in [4.69, 9.17) is 28.9 Å². The van der Waals surface area contributed by atoms with Crippen molar-refractivity contribution >= 4 is 23.2 Å². The fourth-order valence-electron chi connectivity index (χ4n) is 1.97. The molecule has 0 bridgehead atoms. The lowest BCUT2D eigenvalue weighted by Crippen LogP contribution is -2.13. The summed E-state index contributed by atoms with van der Waals surface area (Å²) in [4.78, 5) is 0. The first-order valence-electron chi connectivity index (χ1n) is 5.82. The summed E-state index contributed by atoms with van der Waals surface area (Å²) in [5, 5.41) is 1.47. The number of nitrogens with two attached hydrogens (primary N) is 1. The third-order valence-corrected chi connectivity index (χ3v) is 3.33. The second kappa shape index (κ2) is 5.75. The van der Waals surface area contributed by atoms with E-state index < -0.39 is 0 Å². The molecule has 0 heterocycles. The molecule has 3 heteroatoms. The molecule has 0 saturated carbocycles. The van der Waals surface area contributed by atoms with Crippen LogP contribution in [0.4, 0.5) is 0 Å². The molecule has 0 spiro atoms. The number of hydrogen-bond donors (Lipinski definition) is 1. The Morgan fingerprint density at radius 1 is 1.00 bits per heavy atom. The summed E-state index contributed by atoms with van der Waals surface area (Å²) in [5.74, 6) is 0. The number of hydrogen-bond acceptors (Lipinski definition) is 1. The van der Waals surface area contributed by atoms with E-state index in [1.165, 1.54) is 5.56 Å². The predicted octanol–water partition coefficient (Wildman–Crippen LogP) is 4.54. The summed E-state index contributed by atoms with van der Waals surface area (Å²) < 4.78 is 0. The molecule has 0 saturated heterocycles. The zero-order chi connectivity index (χ0) is 13.1. The van der Waals surface area contributed by atoms with E-state index in [1.807, 2.05) is 43.3 Å². The molecule has 2 rings (SSSR count). The van der Waals surface area contributed by atoms with E-state index in [1.54, 1.807) is 0 Å². The molecule has 1 atom stereocenters. The van der Waals surface area contributed by atoms with Gasteiger partial charge in [0.1, 0.15) is 0 Å². The van der Waals surface area contributed by atoms with E-state index in [2.05, 4.69) is 6.07 Å². The molecule has 1 unspecified atom stereocenters. The van der Waals surface area contributed by atoms with Crippen molar-refractivity contribution in [3.05, 3.63) is 69.2 Å². The van der Waals surface area contributed by atoms with E-state index >= 15 is 0 Å². The van der Waals surface area contributed by atoms with Gasteiger partial charge in [-0.3, -0.25) is 0 Å². The van der Waals surface area contributed by atoms with Crippen molar-refractivity contribution in [2.24, 2.45) is 5.73 Å². The highest BCUT2D eigenvalue weighted by molar-refractivity contribution is 6.30. The van der Waals surface area contributed by atoms with Gasteiger partial charge in [-0.25, -0.2) is 0 Å². The lowest BCUT2D eigenvalue weighted by molar-refractivity contribution is 0.721. The maximum Gasteiger partial charge on any atom is 0.0411 e. The normalized spacial score (nSPS) is 12.4. The molecule has 2 N–H and O–H groups in total. The summed E-state index contributed by atoms with van der Waals surface area (Å²) in [6, 6.07) is 13.6. The van der Waals surface area contributed by atoms with Crippen molar-refractivity contribution in [1.29, 1.82) is 0 Å². The highest BCUT2D eigenvalue weighted by Crippen LogP contribution is 2.22. The van der Waals surface area contributed by atoms with Crippen molar-refractivity contribution in [2.45, 2.75) is 19.4 Å². The summed E-state index contributed by atoms with van der Waals surface area (Å²) >= 11 is 11.9. The highest BCUT2D eigenvalue weighted by atomic mass is 35.5. The molecule has 94 valence electrons. The van der Waals surface area contributed by atoms with Gasteiger partial charge in [0.15, 0.2) is 0 Å². The van der Waals surface area contributed by atoms with Crippen LogP contribution in [0.5, 0.6) is 0 Å². The van der Waals surface area contributed by atoms with Gasteiger partial charge in [0.2, 0.25) is 0 Å². The van der Waals surface area contributed by atoms with Crippen molar-refractivity contribution in [1.82, 2.24) is 0 Å². The Kier molecular flexibility index (Phi) is 4.28. The smallest absolute Gasteiger partial charge is 0.0411 e. The first-order chi connectivity index (χ1) is 8.54. The van der Waals surface area contributed by atoms with Crippen LogP contribution in [0.3, 0.4) is 0 Å². The second-order valence-electron chi connectivity index (χ2n) is 4.50. The molecule has 18 heavy (non-hydrogen) atoms. The molecule has 0 radical (unpaired) electrons. The number of halogens is 2. The van der Waals surface area contributed by atoms with Gasteiger partial charge < -0.3 is 5.73 Å². The van der Waals surface area contributed by atoms with Crippen LogP contribution in [0.2, 0.25) is 10.0 Å². The molecule has 2 aromatic rings. The monoisotopic (exact) mass is 279 g/mol. The molecule has 2 aromatic carbocycles. The summed E-state index contributed by atoms with van der Waals surface area (Å²) in [5.41, 5.74) is 9.58. The third-order valence-electron chi connectivity index (χ3n) is 2.86.